The van der Waals surface area contributed by atoms with E-state index < -0.39 is 0 Å². The van der Waals surface area contributed by atoms with E-state index in [0.29, 0.717) is 12.0 Å². The van der Waals surface area contributed by atoms with Crippen molar-refractivity contribution < 1.29 is 9.84 Å². The zero-order valence-electron chi connectivity index (χ0n) is 10.1. The number of ether oxygens (including phenoxy) is 1. The molecule has 1 saturated heterocycles. The molecule has 0 amide bonds. The van der Waals surface area contributed by atoms with E-state index in [9.17, 15) is 5.11 Å². The van der Waals surface area contributed by atoms with Gasteiger partial charge in [0, 0.05) is 6.61 Å². The molecule has 2 heteroatoms. The maximum Gasteiger partial charge on any atom is 0.0576 e. The smallest absolute Gasteiger partial charge is 0.0576 e. The highest BCUT2D eigenvalue weighted by atomic mass is 16.5. The Balaban J connectivity index is 1.32. The summed E-state index contributed by atoms with van der Waals surface area (Å²) < 4.78 is 5.60. The fraction of sp³-hybridized carbons (Fsp3) is 1.00. The summed E-state index contributed by atoms with van der Waals surface area (Å²) in [4.78, 5) is 0. The molecule has 3 aliphatic rings. The molecule has 0 spiro atoms. The van der Waals surface area contributed by atoms with Crippen LogP contribution in [0.1, 0.15) is 51.4 Å². The van der Waals surface area contributed by atoms with Crippen molar-refractivity contribution >= 4 is 0 Å². The Bertz CT molecular complexity index is 225. The van der Waals surface area contributed by atoms with Gasteiger partial charge in [-0.05, 0) is 69.1 Å². The molecule has 92 valence electrons. The summed E-state index contributed by atoms with van der Waals surface area (Å²) in [6.45, 7) is 0.958. The number of aliphatic hydroxyl groups excluding tert-OH is 1. The summed E-state index contributed by atoms with van der Waals surface area (Å²) in [5.74, 6) is 2.63. The largest absolute Gasteiger partial charge is 0.393 e. The Hall–Kier alpha value is -0.0800. The summed E-state index contributed by atoms with van der Waals surface area (Å²) >= 11 is 0. The van der Waals surface area contributed by atoms with Gasteiger partial charge >= 0.3 is 0 Å². The van der Waals surface area contributed by atoms with Crippen LogP contribution in [-0.4, -0.2) is 23.9 Å². The quantitative estimate of drug-likeness (QED) is 0.778. The molecular weight excluding hydrogens is 200 g/mol. The molecule has 0 radical (unpaired) electrons. The fourth-order valence-electron chi connectivity index (χ4n) is 3.74. The highest BCUT2D eigenvalue weighted by Crippen LogP contribution is 2.55. The average Bonchev–Trinajstić information content (AvgIpc) is 2.72. The van der Waals surface area contributed by atoms with Gasteiger partial charge in [0.1, 0.15) is 0 Å². The van der Waals surface area contributed by atoms with Crippen LogP contribution in [0.25, 0.3) is 0 Å². The van der Waals surface area contributed by atoms with Crippen molar-refractivity contribution in [1.82, 2.24) is 0 Å². The van der Waals surface area contributed by atoms with E-state index in [1.165, 1.54) is 32.1 Å². The first-order valence-corrected chi connectivity index (χ1v) is 7.12. The maximum absolute atomic E-state index is 10.1. The summed E-state index contributed by atoms with van der Waals surface area (Å²) in [5, 5.41) is 10.1. The van der Waals surface area contributed by atoms with Crippen LogP contribution in [0.2, 0.25) is 0 Å². The zero-order chi connectivity index (χ0) is 11.0. The van der Waals surface area contributed by atoms with E-state index >= 15 is 0 Å². The Morgan fingerprint density at radius 3 is 2.69 bits per heavy atom. The van der Waals surface area contributed by atoms with E-state index in [1.54, 1.807) is 0 Å². The third kappa shape index (κ3) is 2.43. The van der Waals surface area contributed by atoms with Crippen molar-refractivity contribution in [1.29, 1.82) is 0 Å². The molecule has 1 N–H and O–H groups in total. The van der Waals surface area contributed by atoms with Gasteiger partial charge in [-0.15, -0.1) is 0 Å². The Kier molecular flexibility index (Phi) is 3.21. The van der Waals surface area contributed by atoms with E-state index in [1.807, 2.05) is 0 Å². The van der Waals surface area contributed by atoms with E-state index in [2.05, 4.69) is 0 Å². The predicted octanol–water partition coefficient (Wildman–Crippen LogP) is 2.74. The SMILES string of the molecule is OC(CCCC1CCCO1)C1CC2CC2C1. The fourth-order valence-corrected chi connectivity index (χ4v) is 3.74. The number of hydrogen-bond donors (Lipinski definition) is 1. The third-order valence-corrected chi connectivity index (χ3v) is 4.87. The molecule has 16 heavy (non-hydrogen) atoms. The first-order chi connectivity index (χ1) is 7.83. The molecule has 2 nitrogen and oxygen atoms in total. The molecule has 4 unspecified atom stereocenters. The monoisotopic (exact) mass is 224 g/mol. The topological polar surface area (TPSA) is 29.5 Å². The molecule has 4 atom stereocenters. The molecule has 2 aliphatic carbocycles. The van der Waals surface area contributed by atoms with Gasteiger partial charge in [0.05, 0.1) is 12.2 Å². The Morgan fingerprint density at radius 1 is 1.19 bits per heavy atom. The lowest BCUT2D eigenvalue weighted by Gasteiger charge is -2.20. The van der Waals surface area contributed by atoms with Crippen LogP contribution in [0, 0.1) is 17.8 Å². The molecule has 0 aromatic carbocycles. The second-order valence-corrected chi connectivity index (χ2v) is 6.12. The third-order valence-electron chi connectivity index (χ3n) is 4.87. The molecule has 0 aromatic rings. The maximum atomic E-state index is 10.1. The van der Waals surface area contributed by atoms with Gasteiger partial charge in [-0.25, -0.2) is 0 Å². The normalized spacial score (nSPS) is 43.3. The highest BCUT2D eigenvalue weighted by molar-refractivity contribution is 4.97. The number of aliphatic hydroxyl groups is 1. The predicted molar refractivity (Wildman–Crippen MR) is 63.2 cm³/mol. The van der Waals surface area contributed by atoms with E-state index in [4.69, 9.17) is 4.74 Å². The standard InChI is InChI=1S/C14H24O2/c15-14(12-8-10-7-11(10)9-12)5-1-3-13-4-2-6-16-13/h10-15H,1-9H2. The first-order valence-electron chi connectivity index (χ1n) is 7.12. The van der Waals surface area contributed by atoms with Crippen LogP contribution in [-0.2, 0) is 4.74 Å². The van der Waals surface area contributed by atoms with Crippen LogP contribution in [0.4, 0.5) is 0 Å². The lowest BCUT2D eigenvalue weighted by molar-refractivity contribution is 0.0749. The van der Waals surface area contributed by atoms with Crippen LogP contribution < -0.4 is 0 Å². The molecular formula is C14H24O2. The van der Waals surface area contributed by atoms with Crippen molar-refractivity contribution in [2.24, 2.45) is 17.8 Å². The van der Waals surface area contributed by atoms with Crippen LogP contribution in [0.3, 0.4) is 0 Å². The van der Waals surface area contributed by atoms with Crippen molar-refractivity contribution in [3.63, 3.8) is 0 Å². The van der Waals surface area contributed by atoms with Crippen LogP contribution in [0.5, 0.6) is 0 Å². The van der Waals surface area contributed by atoms with E-state index in [0.717, 1.165) is 37.7 Å². The van der Waals surface area contributed by atoms with Crippen molar-refractivity contribution in [2.45, 2.75) is 63.6 Å². The van der Waals surface area contributed by atoms with Crippen molar-refractivity contribution in [3.05, 3.63) is 0 Å². The summed E-state index contributed by atoms with van der Waals surface area (Å²) in [6.07, 6.45) is 10.4. The molecule has 3 rings (SSSR count). The highest BCUT2D eigenvalue weighted by Gasteiger charge is 2.47. The molecule has 1 aliphatic heterocycles. The zero-order valence-corrected chi connectivity index (χ0v) is 10.1. The number of rotatable bonds is 5. The van der Waals surface area contributed by atoms with Crippen LogP contribution >= 0.6 is 0 Å². The lowest BCUT2D eigenvalue weighted by Crippen LogP contribution is -2.19. The summed E-state index contributed by atoms with van der Waals surface area (Å²) in [5.41, 5.74) is 0. The molecule has 0 bridgehead atoms. The number of hydrogen-bond acceptors (Lipinski definition) is 2. The molecule has 3 fully saturated rings. The molecule has 1 heterocycles. The minimum atomic E-state index is -0.0193. The molecule has 2 saturated carbocycles. The van der Waals surface area contributed by atoms with Crippen molar-refractivity contribution in [3.8, 4) is 0 Å². The van der Waals surface area contributed by atoms with E-state index in [-0.39, 0.29) is 6.10 Å². The second-order valence-electron chi connectivity index (χ2n) is 6.12. The Labute approximate surface area is 98.4 Å². The summed E-state index contributed by atoms with van der Waals surface area (Å²) in [7, 11) is 0. The van der Waals surface area contributed by atoms with Crippen molar-refractivity contribution in [2.75, 3.05) is 6.61 Å². The minimum absolute atomic E-state index is 0.0193. The minimum Gasteiger partial charge on any atom is -0.393 e. The second kappa shape index (κ2) is 4.66. The van der Waals surface area contributed by atoms with Gasteiger partial charge in [0.15, 0.2) is 0 Å². The lowest BCUT2D eigenvalue weighted by atomic mass is 9.92. The molecule has 0 aromatic heterocycles. The Morgan fingerprint density at radius 2 is 2.00 bits per heavy atom. The van der Waals surface area contributed by atoms with Crippen LogP contribution in [0.15, 0.2) is 0 Å². The van der Waals surface area contributed by atoms with Gasteiger partial charge in [0.2, 0.25) is 0 Å². The van der Waals surface area contributed by atoms with Gasteiger partial charge in [-0.2, -0.15) is 0 Å². The van der Waals surface area contributed by atoms with Gasteiger partial charge in [-0.3, -0.25) is 0 Å². The van der Waals surface area contributed by atoms with Gasteiger partial charge < -0.3 is 9.84 Å². The summed E-state index contributed by atoms with van der Waals surface area (Å²) in [6, 6.07) is 0. The van der Waals surface area contributed by atoms with Gasteiger partial charge in [-0.1, -0.05) is 0 Å². The average molecular weight is 224 g/mol. The first kappa shape index (κ1) is 11.0. The number of fused-ring (bicyclic) bond motifs is 1. The van der Waals surface area contributed by atoms with Gasteiger partial charge in [0.25, 0.3) is 0 Å².